The highest BCUT2D eigenvalue weighted by molar-refractivity contribution is 7.86. The highest BCUT2D eigenvalue weighted by Gasteiger charge is 2.34. The van der Waals surface area contributed by atoms with Gasteiger partial charge < -0.3 is 9.47 Å². The van der Waals surface area contributed by atoms with Gasteiger partial charge >= 0.3 is 0 Å². The van der Waals surface area contributed by atoms with Crippen LogP contribution in [-0.2, 0) is 30.4 Å². The van der Waals surface area contributed by atoms with E-state index >= 15 is 0 Å². The van der Waals surface area contributed by atoms with Crippen molar-refractivity contribution in [3.8, 4) is 0 Å². The van der Waals surface area contributed by atoms with E-state index in [1.165, 1.54) is 0 Å². The van der Waals surface area contributed by atoms with E-state index in [0.29, 0.717) is 26.2 Å². The molecule has 1 aliphatic heterocycles. The number of rotatable bonds is 8. The van der Waals surface area contributed by atoms with Crippen molar-refractivity contribution >= 4 is 10.1 Å². The quantitative estimate of drug-likeness (QED) is 0.641. The molecule has 2 aromatic carbocycles. The second kappa shape index (κ2) is 8.97. The molecule has 5 nitrogen and oxygen atoms in total. The standard InChI is InChI=1S/C21H26O5S/c1-18-7-9-20(10-8-18)27(22,23)26-16-13-21(11-14-24-15-12-21)25-17-19-5-3-2-4-6-19/h2-10H,11-17H2,1H3. The Bertz CT molecular complexity index is 809. The molecule has 0 N–H and O–H groups in total. The lowest BCUT2D eigenvalue weighted by molar-refractivity contribution is -0.126. The molecular formula is C21H26O5S. The first-order valence-electron chi connectivity index (χ1n) is 9.21. The smallest absolute Gasteiger partial charge is 0.296 e. The van der Waals surface area contributed by atoms with Crippen molar-refractivity contribution in [2.24, 2.45) is 0 Å². The second-order valence-electron chi connectivity index (χ2n) is 6.91. The van der Waals surface area contributed by atoms with Crippen molar-refractivity contribution < 1.29 is 22.1 Å². The van der Waals surface area contributed by atoms with Gasteiger partial charge in [-0.05, 0) is 37.5 Å². The first-order valence-corrected chi connectivity index (χ1v) is 10.6. The maximum absolute atomic E-state index is 12.4. The summed E-state index contributed by atoms with van der Waals surface area (Å²) in [6, 6.07) is 16.6. The van der Waals surface area contributed by atoms with Gasteiger partial charge in [0.05, 0.1) is 23.7 Å². The molecule has 27 heavy (non-hydrogen) atoms. The van der Waals surface area contributed by atoms with E-state index in [0.717, 1.165) is 24.0 Å². The van der Waals surface area contributed by atoms with Gasteiger partial charge in [0.15, 0.2) is 0 Å². The Balaban J connectivity index is 1.60. The van der Waals surface area contributed by atoms with Crippen LogP contribution < -0.4 is 0 Å². The Kier molecular flexibility index (Phi) is 6.65. The third kappa shape index (κ3) is 5.62. The van der Waals surface area contributed by atoms with E-state index in [9.17, 15) is 8.42 Å². The van der Waals surface area contributed by atoms with Gasteiger partial charge in [-0.1, -0.05) is 48.0 Å². The number of benzene rings is 2. The lowest BCUT2D eigenvalue weighted by Crippen LogP contribution is -2.40. The average molecular weight is 391 g/mol. The van der Waals surface area contributed by atoms with Crippen LogP contribution in [0.5, 0.6) is 0 Å². The van der Waals surface area contributed by atoms with Crippen LogP contribution in [0.3, 0.4) is 0 Å². The van der Waals surface area contributed by atoms with Crippen molar-refractivity contribution in [1.82, 2.24) is 0 Å². The van der Waals surface area contributed by atoms with Crippen LogP contribution in [0.4, 0.5) is 0 Å². The summed E-state index contributed by atoms with van der Waals surface area (Å²) in [6.45, 7) is 3.71. The van der Waals surface area contributed by atoms with Crippen molar-refractivity contribution in [2.45, 2.75) is 43.3 Å². The van der Waals surface area contributed by atoms with Crippen LogP contribution in [0.15, 0.2) is 59.5 Å². The predicted octanol–water partition coefficient (Wildman–Crippen LogP) is 3.86. The van der Waals surface area contributed by atoms with Gasteiger partial charge in [-0.3, -0.25) is 4.18 Å². The van der Waals surface area contributed by atoms with Crippen LogP contribution in [-0.4, -0.2) is 33.8 Å². The van der Waals surface area contributed by atoms with Gasteiger partial charge in [0.1, 0.15) is 0 Å². The summed E-state index contributed by atoms with van der Waals surface area (Å²) < 4.78 is 41.8. The van der Waals surface area contributed by atoms with Gasteiger partial charge in [-0.2, -0.15) is 8.42 Å². The Morgan fingerprint density at radius 3 is 2.33 bits per heavy atom. The first-order chi connectivity index (χ1) is 13.0. The van der Waals surface area contributed by atoms with Gasteiger partial charge in [0.25, 0.3) is 10.1 Å². The molecular weight excluding hydrogens is 364 g/mol. The Morgan fingerprint density at radius 2 is 1.67 bits per heavy atom. The van der Waals surface area contributed by atoms with Crippen molar-refractivity contribution in [2.75, 3.05) is 19.8 Å². The molecule has 0 radical (unpaired) electrons. The predicted molar refractivity (Wildman–Crippen MR) is 103 cm³/mol. The highest BCUT2D eigenvalue weighted by Crippen LogP contribution is 2.30. The molecule has 0 aliphatic carbocycles. The molecule has 0 spiro atoms. The normalized spacial score (nSPS) is 16.9. The summed E-state index contributed by atoms with van der Waals surface area (Å²) in [5.74, 6) is 0. The third-order valence-corrected chi connectivity index (χ3v) is 6.22. The lowest BCUT2D eigenvalue weighted by atomic mass is 9.90. The minimum atomic E-state index is -3.76. The Morgan fingerprint density at radius 1 is 1.00 bits per heavy atom. The van der Waals surface area contributed by atoms with Crippen LogP contribution in [0, 0.1) is 6.92 Å². The molecule has 6 heteroatoms. The molecule has 0 aromatic heterocycles. The minimum Gasteiger partial charge on any atom is -0.381 e. The summed E-state index contributed by atoms with van der Waals surface area (Å²) in [4.78, 5) is 0.180. The zero-order valence-corrected chi connectivity index (χ0v) is 16.4. The molecule has 3 rings (SSSR count). The summed E-state index contributed by atoms with van der Waals surface area (Å²) >= 11 is 0. The summed E-state index contributed by atoms with van der Waals surface area (Å²) in [6.07, 6.45) is 1.97. The molecule has 1 saturated heterocycles. The SMILES string of the molecule is Cc1ccc(S(=O)(=O)OCCC2(OCc3ccccc3)CCOCC2)cc1. The lowest BCUT2D eigenvalue weighted by Gasteiger charge is -2.37. The van der Waals surface area contributed by atoms with Crippen LogP contribution in [0.2, 0.25) is 0 Å². The van der Waals surface area contributed by atoms with E-state index in [-0.39, 0.29) is 11.5 Å². The molecule has 0 saturated carbocycles. The summed E-state index contributed by atoms with van der Waals surface area (Å²) in [7, 11) is -3.76. The third-order valence-electron chi connectivity index (χ3n) is 4.90. The molecule has 1 heterocycles. The number of ether oxygens (including phenoxy) is 2. The minimum absolute atomic E-state index is 0.0883. The maximum Gasteiger partial charge on any atom is 0.296 e. The van der Waals surface area contributed by atoms with Crippen molar-refractivity contribution in [1.29, 1.82) is 0 Å². The maximum atomic E-state index is 12.4. The van der Waals surface area contributed by atoms with Crippen LogP contribution in [0.1, 0.15) is 30.4 Å². The first kappa shape index (κ1) is 20.0. The van der Waals surface area contributed by atoms with Gasteiger partial charge in [0, 0.05) is 19.6 Å². The molecule has 0 atom stereocenters. The number of hydrogen-bond donors (Lipinski definition) is 0. The number of aryl methyl sites for hydroxylation is 1. The summed E-state index contributed by atoms with van der Waals surface area (Å²) in [5, 5.41) is 0. The molecule has 1 aliphatic rings. The van der Waals surface area contributed by atoms with Gasteiger partial charge in [-0.25, -0.2) is 0 Å². The Hall–Kier alpha value is -1.73. The van der Waals surface area contributed by atoms with E-state index in [1.807, 2.05) is 37.3 Å². The Labute approximate surface area is 161 Å². The molecule has 0 bridgehead atoms. The molecule has 2 aromatic rings. The zero-order chi connectivity index (χ0) is 19.2. The monoisotopic (exact) mass is 390 g/mol. The van der Waals surface area contributed by atoms with E-state index in [1.54, 1.807) is 24.3 Å². The average Bonchev–Trinajstić information content (AvgIpc) is 2.68. The zero-order valence-electron chi connectivity index (χ0n) is 15.6. The molecule has 1 fully saturated rings. The largest absolute Gasteiger partial charge is 0.381 e. The van der Waals surface area contributed by atoms with Crippen molar-refractivity contribution in [3.05, 3.63) is 65.7 Å². The van der Waals surface area contributed by atoms with Gasteiger partial charge in [-0.15, -0.1) is 0 Å². The fraction of sp³-hybridized carbons (Fsp3) is 0.429. The molecule has 0 unspecified atom stereocenters. The van der Waals surface area contributed by atoms with E-state index in [2.05, 4.69) is 0 Å². The number of hydrogen-bond acceptors (Lipinski definition) is 5. The highest BCUT2D eigenvalue weighted by atomic mass is 32.2. The molecule has 0 amide bonds. The van der Waals surface area contributed by atoms with Crippen molar-refractivity contribution in [3.63, 3.8) is 0 Å². The van der Waals surface area contributed by atoms with Crippen LogP contribution >= 0.6 is 0 Å². The summed E-state index contributed by atoms with van der Waals surface area (Å²) in [5.41, 5.74) is 1.68. The van der Waals surface area contributed by atoms with E-state index in [4.69, 9.17) is 13.7 Å². The van der Waals surface area contributed by atoms with Gasteiger partial charge in [0.2, 0.25) is 0 Å². The molecule has 146 valence electrons. The fourth-order valence-electron chi connectivity index (χ4n) is 3.13. The van der Waals surface area contributed by atoms with Crippen LogP contribution in [0.25, 0.3) is 0 Å². The second-order valence-corrected chi connectivity index (χ2v) is 8.52. The topological polar surface area (TPSA) is 61.8 Å². The fourth-order valence-corrected chi connectivity index (χ4v) is 4.04. The van der Waals surface area contributed by atoms with E-state index < -0.39 is 15.7 Å².